The van der Waals surface area contributed by atoms with E-state index in [0.29, 0.717) is 10.8 Å². The SMILES string of the molecule is O=C(COc1ccc(Cl)cc1)NCC(=O)N/N=C\c1cccs1. The average molecular weight is 352 g/mol. The number of hydrazone groups is 1. The number of thiophene rings is 1. The van der Waals surface area contributed by atoms with Crippen LogP contribution in [0.3, 0.4) is 0 Å². The Bertz CT molecular complexity index is 672. The van der Waals surface area contributed by atoms with E-state index in [1.54, 1.807) is 24.3 Å². The minimum absolute atomic E-state index is 0.176. The van der Waals surface area contributed by atoms with E-state index in [0.717, 1.165) is 4.88 Å². The van der Waals surface area contributed by atoms with Crippen LogP contribution in [0.25, 0.3) is 0 Å². The summed E-state index contributed by atoms with van der Waals surface area (Å²) in [5, 5.41) is 8.71. The molecule has 0 aliphatic carbocycles. The topological polar surface area (TPSA) is 79.8 Å². The summed E-state index contributed by atoms with van der Waals surface area (Å²) in [6.45, 7) is -0.363. The number of carbonyl (C=O) groups excluding carboxylic acids is 2. The van der Waals surface area contributed by atoms with Crippen molar-refractivity contribution < 1.29 is 14.3 Å². The van der Waals surface area contributed by atoms with Crippen molar-refractivity contribution in [2.24, 2.45) is 5.10 Å². The molecule has 0 spiro atoms. The first-order valence-corrected chi connectivity index (χ1v) is 7.90. The summed E-state index contributed by atoms with van der Waals surface area (Å²) in [4.78, 5) is 24.0. The summed E-state index contributed by atoms with van der Waals surface area (Å²) in [7, 11) is 0. The highest BCUT2D eigenvalue weighted by Gasteiger charge is 2.05. The van der Waals surface area contributed by atoms with Gasteiger partial charge in [-0.3, -0.25) is 9.59 Å². The van der Waals surface area contributed by atoms with E-state index < -0.39 is 11.8 Å². The van der Waals surface area contributed by atoms with Crippen molar-refractivity contribution in [1.82, 2.24) is 10.7 Å². The average Bonchev–Trinajstić information content (AvgIpc) is 3.06. The van der Waals surface area contributed by atoms with E-state index in [4.69, 9.17) is 16.3 Å². The molecule has 0 aliphatic heterocycles. The molecule has 1 aromatic heterocycles. The zero-order valence-corrected chi connectivity index (χ0v) is 13.6. The molecule has 2 N–H and O–H groups in total. The zero-order valence-electron chi connectivity index (χ0n) is 12.0. The van der Waals surface area contributed by atoms with Gasteiger partial charge < -0.3 is 10.1 Å². The number of ether oxygens (including phenoxy) is 1. The number of hydrogen-bond donors (Lipinski definition) is 2. The summed E-state index contributed by atoms with van der Waals surface area (Å²) >= 11 is 7.25. The lowest BCUT2D eigenvalue weighted by Crippen LogP contribution is -2.37. The van der Waals surface area contributed by atoms with Gasteiger partial charge in [-0.05, 0) is 35.7 Å². The number of halogens is 1. The van der Waals surface area contributed by atoms with E-state index in [9.17, 15) is 9.59 Å². The standard InChI is InChI=1S/C15H14ClN3O3S/c16-11-3-5-12(6-4-11)22-10-15(21)17-9-14(20)19-18-8-13-2-1-7-23-13/h1-8H,9-10H2,(H,17,21)(H,19,20)/b18-8-. The maximum atomic E-state index is 11.6. The first-order valence-electron chi connectivity index (χ1n) is 6.64. The van der Waals surface area contributed by atoms with Crippen LogP contribution < -0.4 is 15.5 Å². The van der Waals surface area contributed by atoms with Crippen LogP contribution in [-0.4, -0.2) is 31.2 Å². The minimum atomic E-state index is -0.419. The molecular formula is C15H14ClN3O3S. The molecule has 0 aliphatic rings. The fourth-order valence-electron chi connectivity index (χ4n) is 1.48. The van der Waals surface area contributed by atoms with Gasteiger partial charge in [0.15, 0.2) is 6.61 Å². The van der Waals surface area contributed by atoms with Gasteiger partial charge in [0, 0.05) is 9.90 Å². The van der Waals surface area contributed by atoms with Crippen LogP contribution in [0.5, 0.6) is 5.75 Å². The molecule has 23 heavy (non-hydrogen) atoms. The number of hydrogen-bond acceptors (Lipinski definition) is 5. The van der Waals surface area contributed by atoms with Gasteiger partial charge in [0.25, 0.3) is 11.8 Å². The summed E-state index contributed by atoms with van der Waals surface area (Å²) < 4.78 is 5.25. The molecule has 120 valence electrons. The van der Waals surface area contributed by atoms with E-state index in [-0.39, 0.29) is 13.2 Å². The molecule has 8 heteroatoms. The Kier molecular flexibility index (Phi) is 6.58. The van der Waals surface area contributed by atoms with Gasteiger partial charge in [-0.15, -0.1) is 11.3 Å². The normalized spacial score (nSPS) is 10.5. The smallest absolute Gasteiger partial charge is 0.259 e. The van der Waals surface area contributed by atoms with Gasteiger partial charge in [0.05, 0.1) is 12.8 Å². The third kappa shape index (κ3) is 6.50. The predicted octanol–water partition coefficient (Wildman–Crippen LogP) is 2.05. The van der Waals surface area contributed by atoms with Crippen LogP contribution in [0.2, 0.25) is 5.02 Å². The first kappa shape index (κ1) is 17.0. The number of nitrogens with one attached hydrogen (secondary N) is 2. The molecule has 6 nitrogen and oxygen atoms in total. The Morgan fingerprint density at radius 3 is 2.70 bits per heavy atom. The highest BCUT2D eigenvalue weighted by Crippen LogP contribution is 2.15. The van der Waals surface area contributed by atoms with Crippen molar-refractivity contribution in [3.63, 3.8) is 0 Å². The lowest BCUT2D eigenvalue weighted by molar-refractivity contribution is -0.127. The van der Waals surface area contributed by atoms with Crippen molar-refractivity contribution >= 4 is 41.0 Å². The molecule has 0 unspecified atom stereocenters. The fraction of sp³-hybridized carbons (Fsp3) is 0.133. The van der Waals surface area contributed by atoms with Crippen LogP contribution in [0, 0.1) is 0 Å². The summed E-state index contributed by atoms with van der Waals surface area (Å²) in [6.07, 6.45) is 1.54. The van der Waals surface area contributed by atoms with Gasteiger partial charge in [-0.2, -0.15) is 5.10 Å². The minimum Gasteiger partial charge on any atom is -0.484 e. The van der Waals surface area contributed by atoms with Gasteiger partial charge in [-0.1, -0.05) is 17.7 Å². The Labute approximate surface area is 142 Å². The van der Waals surface area contributed by atoms with Crippen LogP contribution in [0.4, 0.5) is 0 Å². The molecule has 1 aromatic carbocycles. The summed E-state index contributed by atoms with van der Waals surface area (Å²) in [5.74, 6) is -0.301. The molecule has 0 saturated carbocycles. The number of carbonyl (C=O) groups is 2. The maximum Gasteiger partial charge on any atom is 0.259 e. The molecule has 0 bridgehead atoms. The van der Waals surface area contributed by atoms with E-state index in [1.165, 1.54) is 17.6 Å². The molecule has 0 fully saturated rings. The number of amides is 2. The van der Waals surface area contributed by atoms with Crippen molar-refractivity contribution in [3.05, 3.63) is 51.7 Å². The summed E-state index contributed by atoms with van der Waals surface area (Å²) in [6, 6.07) is 10.4. The molecule has 2 aromatic rings. The molecule has 2 amide bonds. The maximum absolute atomic E-state index is 11.6. The first-order chi connectivity index (χ1) is 11.1. The third-order valence-corrected chi connectivity index (χ3v) is 3.61. The zero-order chi connectivity index (χ0) is 16.5. The highest BCUT2D eigenvalue weighted by atomic mass is 35.5. The number of nitrogens with zero attached hydrogens (tertiary/aromatic N) is 1. The summed E-state index contributed by atoms with van der Waals surface area (Å²) in [5.41, 5.74) is 2.32. The Balaban J connectivity index is 1.63. The fourth-order valence-corrected chi connectivity index (χ4v) is 2.19. The van der Waals surface area contributed by atoms with Gasteiger partial charge in [0.1, 0.15) is 5.75 Å². The van der Waals surface area contributed by atoms with Crippen LogP contribution >= 0.6 is 22.9 Å². The monoisotopic (exact) mass is 351 g/mol. The molecule has 0 radical (unpaired) electrons. The van der Waals surface area contributed by atoms with Gasteiger partial charge in [-0.25, -0.2) is 5.43 Å². The Morgan fingerprint density at radius 2 is 2.00 bits per heavy atom. The van der Waals surface area contributed by atoms with Gasteiger partial charge in [0.2, 0.25) is 0 Å². The van der Waals surface area contributed by atoms with E-state index in [2.05, 4.69) is 15.8 Å². The second-order valence-electron chi connectivity index (χ2n) is 4.33. The third-order valence-electron chi connectivity index (χ3n) is 2.55. The predicted molar refractivity (Wildman–Crippen MR) is 90.0 cm³/mol. The van der Waals surface area contributed by atoms with Crippen molar-refractivity contribution in [2.45, 2.75) is 0 Å². The second kappa shape index (κ2) is 8.92. The molecule has 1 heterocycles. The van der Waals surface area contributed by atoms with Crippen LogP contribution in [0.1, 0.15) is 4.88 Å². The van der Waals surface area contributed by atoms with E-state index >= 15 is 0 Å². The quantitative estimate of drug-likeness (QED) is 0.592. The molecule has 0 atom stereocenters. The lowest BCUT2D eigenvalue weighted by atomic mass is 10.3. The van der Waals surface area contributed by atoms with Gasteiger partial charge >= 0.3 is 0 Å². The molecule has 0 saturated heterocycles. The molecule has 2 rings (SSSR count). The number of benzene rings is 1. The highest BCUT2D eigenvalue weighted by molar-refractivity contribution is 7.11. The molecular weight excluding hydrogens is 338 g/mol. The lowest BCUT2D eigenvalue weighted by Gasteiger charge is -2.06. The van der Waals surface area contributed by atoms with Crippen LogP contribution in [-0.2, 0) is 9.59 Å². The van der Waals surface area contributed by atoms with Crippen molar-refractivity contribution in [3.8, 4) is 5.75 Å². The Morgan fingerprint density at radius 1 is 1.22 bits per heavy atom. The Hall–Kier alpha value is -2.38. The van der Waals surface area contributed by atoms with Crippen molar-refractivity contribution in [2.75, 3.05) is 13.2 Å². The number of rotatable bonds is 7. The van der Waals surface area contributed by atoms with Crippen molar-refractivity contribution in [1.29, 1.82) is 0 Å². The van der Waals surface area contributed by atoms with Crippen LogP contribution in [0.15, 0.2) is 46.9 Å². The van der Waals surface area contributed by atoms with E-state index in [1.807, 2.05) is 17.5 Å². The largest absolute Gasteiger partial charge is 0.484 e. The second-order valence-corrected chi connectivity index (χ2v) is 5.74.